The van der Waals surface area contributed by atoms with Crippen LogP contribution in [0.15, 0.2) is 11.6 Å². The summed E-state index contributed by atoms with van der Waals surface area (Å²) in [6.45, 7) is 4.69. The topological polar surface area (TPSA) is 32.3 Å². The van der Waals surface area contributed by atoms with Gasteiger partial charge in [0.15, 0.2) is 0 Å². The number of likely N-dealkylation sites (tertiary alicyclic amines) is 1. The van der Waals surface area contributed by atoms with Crippen molar-refractivity contribution in [2.24, 2.45) is 0 Å². The first-order valence-corrected chi connectivity index (χ1v) is 7.42. The SMILES string of the molecule is CC(=O)NCC1CCCN1CC=C1CCCCC1. The quantitative estimate of drug-likeness (QED) is 0.777. The Kier molecular flexibility index (Phi) is 5.24. The smallest absolute Gasteiger partial charge is 0.216 e. The molecule has 2 fully saturated rings. The lowest BCUT2D eigenvalue weighted by Gasteiger charge is -2.24. The van der Waals surface area contributed by atoms with Gasteiger partial charge in [-0.25, -0.2) is 0 Å². The Morgan fingerprint density at radius 1 is 1.33 bits per heavy atom. The molecule has 0 spiro atoms. The summed E-state index contributed by atoms with van der Waals surface area (Å²) in [5.41, 5.74) is 1.66. The standard InChI is InChI=1S/C15H26N2O/c1-13(18)16-12-15-8-5-10-17(15)11-9-14-6-3-2-4-7-14/h9,15H,2-8,10-12H2,1H3,(H,16,18). The van der Waals surface area contributed by atoms with E-state index in [4.69, 9.17) is 0 Å². The van der Waals surface area contributed by atoms with Gasteiger partial charge in [0.2, 0.25) is 5.91 Å². The molecule has 1 amide bonds. The van der Waals surface area contributed by atoms with Gasteiger partial charge < -0.3 is 5.32 Å². The van der Waals surface area contributed by atoms with Crippen LogP contribution >= 0.6 is 0 Å². The molecule has 1 unspecified atom stereocenters. The second kappa shape index (κ2) is 6.93. The lowest BCUT2D eigenvalue weighted by atomic mass is 9.95. The van der Waals surface area contributed by atoms with Crippen molar-refractivity contribution in [1.29, 1.82) is 0 Å². The van der Waals surface area contributed by atoms with Crippen LogP contribution in [0.1, 0.15) is 51.9 Å². The van der Waals surface area contributed by atoms with Crippen LogP contribution in [-0.4, -0.2) is 36.5 Å². The summed E-state index contributed by atoms with van der Waals surface area (Å²) in [6, 6.07) is 0.550. The van der Waals surface area contributed by atoms with Gasteiger partial charge in [0.1, 0.15) is 0 Å². The fourth-order valence-electron chi connectivity index (χ4n) is 3.08. The summed E-state index contributed by atoms with van der Waals surface area (Å²) < 4.78 is 0. The number of amides is 1. The minimum Gasteiger partial charge on any atom is -0.355 e. The van der Waals surface area contributed by atoms with E-state index in [1.54, 1.807) is 12.5 Å². The number of hydrogen-bond acceptors (Lipinski definition) is 2. The summed E-state index contributed by atoms with van der Waals surface area (Å²) in [6.07, 6.45) is 11.7. The molecular weight excluding hydrogens is 224 g/mol. The van der Waals surface area contributed by atoms with Crippen molar-refractivity contribution in [3.8, 4) is 0 Å². The van der Waals surface area contributed by atoms with E-state index >= 15 is 0 Å². The molecule has 18 heavy (non-hydrogen) atoms. The molecule has 0 aromatic heterocycles. The molecule has 3 heteroatoms. The lowest BCUT2D eigenvalue weighted by molar-refractivity contribution is -0.119. The van der Waals surface area contributed by atoms with E-state index in [2.05, 4.69) is 16.3 Å². The Morgan fingerprint density at radius 2 is 2.11 bits per heavy atom. The first-order chi connectivity index (χ1) is 8.75. The van der Waals surface area contributed by atoms with Gasteiger partial charge in [-0.2, -0.15) is 0 Å². The highest BCUT2D eigenvalue weighted by Gasteiger charge is 2.23. The zero-order valence-corrected chi connectivity index (χ0v) is 11.6. The van der Waals surface area contributed by atoms with Crippen LogP contribution in [0.2, 0.25) is 0 Å². The van der Waals surface area contributed by atoms with Gasteiger partial charge >= 0.3 is 0 Å². The Bertz CT molecular complexity index is 304. The molecule has 1 atom stereocenters. The molecular formula is C15H26N2O. The monoisotopic (exact) mass is 250 g/mol. The molecule has 0 aromatic carbocycles. The summed E-state index contributed by atoms with van der Waals surface area (Å²) in [5, 5.41) is 2.95. The summed E-state index contributed by atoms with van der Waals surface area (Å²) in [5.74, 6) is 0.0903. The van der Waals surface area contributed by atoms with Crippen LogP contribution in [0, 0.1) is 0 Å². The predicted octanol–water partition coefficient (Wildman–Crippen LogP) is 2.48. The third kappa shape index (κ3) is 4.13. The molecule has 2 aliphatic rings. The fraction of sp³-hybridized carbons (Fsp3) is 0.800. The predicted molar refractivity (Wildman–Crippen MR) is 74.4 cm³/mol. The number of nitrogens with zero attached hydrogens (tertiary/aromatic N) is 1. The van der Waals surface area contributed by atoms with E-state index in [0.29, 0.717) is 6.04 Å². The number of nitrogens with one attached hydrogen (secondary N) is 1. The normalized spacial score (nSPS) is 25.2. The molecule has 1 aliphatic carbocycles. The van der Waals surface area contributed by atoms with E-state index in [0.717, 1.165) is 13.1 Å². The molecule has 0 bridgehead atoms. The van der Waals surface area contributed by atoms with E-state index in [9.17, 15) is 4.79 Å². The molecule has 3 nitrogen and oxygen atoms in total. The van der Waals surface area contributed by atoms with Crippen LogP contribution < -0.4 is 5.32 Å². The summed E-state index contributed by atoms with van der Waals surface area (Å²) >= 11 is 0. The highest BCUT2D eigenvalue weighted by molar-refractivity contribution is 5.72. The number of carbonyl (C=O) groups excluding carboxylic acids is 1. The zero-order chi connectivity index (χ0) is 12.8. The molecule has 0 aromatic rings. The summed E-state index contributed by atoms with van der Waals surface area (Å²) in [4.78, 5) is 13.5. The minimum absolute atomic E-state index is 0.0903. The maximum absolute atomic E-state index is 11.0. The van der Waals surface area contributed by atoms with Gasteiger partial charge in [0, 0.05) is 26.1 Å². The van der Waals surface area contributed by atoms with Crippen molar-refractivity contribution in [2.75, 3.05) is 19.6 Å². The third-order valence-corrected chi connectivity index (χ3v) is 4.20. The highest BCUT2D eigenvalue weighted by atomic mass is 16.1. The van der Waals surface area contributed by atoms with Crippen molar-refractivity contribution in [3.63, 3.8) is 0 Å². The number of hydrogen-bond donors (Lipinski definition) is 1. The van der Waals surface area contributed by atoms with Crippen molar-refractivity contribution in [3.05, 3.63) is 11.6 Å². The molecule has 1 heterocycles. The molecule has 1 N–H and O–H groups in total. The number of carbonyl (C=O) groups is 1. The molecule has 1 saturated carbocycles. The molecule has 1 aliphatic heterocycles. The first-order valence-electron chi connectivity index (χ1n) is 7.42. The fourth-order valence-corrected chi connectivity index (χ4v) is 3.08. The maximum atomic E-state index is 11.0. The second-order valence-corrected chi connectivity index (χ2v) is 5.65. The second-order valence-electron chi connectivity index (χ2n) is 5.65. The largest absolute Gasteiger partial charge is 0.355 e. The molecule has 102 valence electrons. The van der Waals surface area contributed by atoms with Gasteiger partial charge in [0.05, 0.1) is 0 Å². The van der Waals surface area contributed by atoms with Crippen LogP contribution in [0.5, 0.6) is 0 Å². The van der Waals surface area contributed by atoms with E-state index in [-0.39, 0.29) is 5.91 Å². The molecule has 0 radical (unpaired) electrons. The Morgan fingerprint density at radius 3 is 2.83 bits per heavy atom. The van der Waals surface area contributed by atoms with Crippen LogP contribution in [0.3, 0.4) is 0 Å². The molecule has 1 saturated heterocycles. The summed E-state index contributed by atoms with van der Waals surface area (Å²) in [7, 11) is 0. The zero-order valence-electron chi connectivity index (χ0n) is 11.6. The average molecular weight is 250 g/mol. The third-order valence-electron chi connectivity index (χ3n) is 4.20. The van der Waals surface area contributed by atoms with Gasteiger partial charge in [0.25, 0.3) is 0 Å². The van der Waals surface area contributed by atoms with Crippen molar-refractivity contribution in [2.45, 2.75) is 57.9 Å². The van der Waals surface area contributed by atoms with E-state index in [1.165, 1.54) is 51.5 Å². The van der Waals surface area contributed by atoms with Crippen molar-refractivity contribution in [1.82, 2.24) is 10.2 Å². The van der Waals surface area contributed by atoms with Crippen molar-refractivity contribution >= 4 is 5.91 Å². The van der Waals surface area contributed by atoms with E-state index < -0.39 is 0 Å². The Balaban J connectivity index is 1.78. The Labute approximate surface area is 111 Å². The number of rotatable bonds is 4. The van der Waals surface area contributed by atoms with E-state index in [1.807, 2.05) is 0 Å². The lowest BCUT2D eigenvalue weighted by Crippen LogP contribution is -2.39. The maximum Gasteiger partial charge on any atom is 0.216 e. The van der Waals surface area contributed by atoms with Gasteiger partial charge in [-0.15, -0.1) is 0 Å². The molecule has 2 rings (SSSR count). The minimum atomic E-state index is 0.0903. The van der Waals surface area contributed by atoms with Gasteiger partial charge in [-0.1, -0.05) is 18.1 Å². The van der Waals surface area contributed by atoms with Gasteiger partial charge in [-0.3, -0.25) is 9.69 Å². The number of allylic oxidation sites excluding steroid dienone is 1. The van der Waals surface area contributed by atoms with Crippen LogP contribution in [-0.2, 0) is 4.79 Å². The van der Waals surface area contributed by atoms with Crippen LogP contribution in [0.25, 0.3) is 0 Å². The van der Waals surface area contributed by atoms with Crippen LogP contribution in [0.4, 0.5) is 0 Å². The van der Waals surface area contributed by atoms with Gasteiger partial charge in [-0.05, 0) is 45.1 Å². The average Bonchev–Trinajstić information content (AvgIpc) is 2.82. The Hall–Kier alpha value is -0.830. The highest BCUT2D eigenvalue weighted by Crippen LogP contribution is 2.23. The first kappa shape index (κ1) is 13.6. The van der Waals surface area contributed by atoms with Crippen molar-refractivity contribution < 1.29 is 4.79 Å².